The van der Waals surface area contributed by atoms with Gasteiger partial charge in [-0.25, -0.2) is 4.68 Å². The number of hydrogen-bond acceptors (Lipinski definition) is 4. The zero-order valence-corrected chi connectivity index (χ0v) is 11.3. The second-order valence-electron chi connectivity index (χ2n) is 4.52. The summed E-state index contributed by atoms with van der Waals surface area (Å²) in [5, 5.41) is 23.8. The largest absolute Gasteiger partial charge is 0.508 e. The number of phenols is 1. The van der Waals surface area contributed by atoms with Gasteiger partial charge in [-0.15, -0.1) is 0 Å². The van der Waals surface area contributed by atoms with E-state index in [-0.39, 0.29) is 5.75 Å². The fourth-order valence-corrected chi connectivity index (χ4v) is 2.24. The van der Waals surface area contributed by atoms with Crippen LogP contribution < -0.4 is 4.74 Å². The van der Waals surface area contributed by atoms with Crippen LogP contribution in [0, 0.1) is 6.92 Å². The Balaban J connectivity index is 2.24. The molecule has 1 heterocycles. The Kier molecular flexibility index (Phi) is 3.76. The molecule has 0 saturated heterocycles. The van der Waals surface area contributed by atoms with Crippen molar-refractivity contribution in [3.8, 4) is 11.6 Å². The maximum absolute atomic E-state index is 10.4. The van der Waals surface area contributed by atoms with Crippen molar-refractivity contribution in [2.45, 2.75) is 19.4 Å². The molecule has 1 unspecified atom stereocenters. The molecule has 0 bridgehead atoms. The SMILES string of the molecule is COc1c(C(O)Cc2ccc(O)cc2)c(C)nn1C. The van der Waals surface area contributed by atoms with E-state index >= 15 is 0 Å². The molecular formula is C14H18N2O3. The van der Waals surface area contributed by atoms with Gasteiger partial charge in [0.15, 0.2) is 0 Å². The Morgan fingerprint density at radius 1 is 1.32 bits per heavy atom. The molecular weight excluding hydrogens is 244 g/mol. The molecule has 102 valence electrons. The first-order valence-corrected chi connectivity index (χ1v) is 6.06. The summed E-state index contributed by atoms with van der Waals surface area (Å²) in [6.45, 7) is 1.85. The highest BCUT2D eigenvalue weighted by Gasteiger charge is 2.21. The average molecular weight is 262 g/mol. The van der Waals surface area contributed by atoms with Crippen molar-refractivity contribution in [1.82, 2.24) is 9.78 Å². The number of nitrogens with zero attached hydrogens (tertiary/aromatic N) is 2. The number of rotatable bonds is 4. The van der Waals surface area contributed by atoms with Gasteiger partial charge in [0, 0.05) is 13.5 Å². The predicted octanol–water partition coefficient (Wildman–Crippen LogP) is 1.72. The first kappa shape index (κ1) is 13.4. The summed E-state index contributed by atoms with van der Waals surface area (Å²) in [5.74, 6) is 0.789. The molecule has 0 saturated carbocycles. The van der Waals surface area contributed by atoms with E-state index in [0.717, 1.165) is 11.3 Å². The first-order chi connectivity index (χ1) is 9.02. The standard InChI is InChI=1S/C14H18N2O3/c1-9-13(14(19-3)16(2)15-9)12(18)8-10-4-6-11(17)7-5-10/h4-7,12,17-18H,8H2,1-3H3. The summed E-state index contributed by atoms with van der Waals surface area (Å²) in [6, 6.07) is 6.79. The average Bonchev–Trinajstić information content (AvgIpc) is 2.66. The van der Waals surface area contributed by atoms with Gasteiger partial charge in [0.25, 0.3) is 0 Å². The lowest BCUT2D eigenvalue weighted by molar-refractivity contribution is 0.172. The second-order valence-corrected chi connectivity index (χ2v) is 4.52. The number of methoxy groups -OCH3 is 1. The summed E-state index contributed by atoms with van der Waals surface area (Å²) in [5.41, 5.74) is 2.40. The number of aromatic nitrogens is 2. The van der Waals surface area contributed by atoms with E-state index in [1.807, 2.05) is 6.92 Å². The van der Waals surface area contributed by atoms with E-state index in [4.69, 9.17) is 4.74 Å². The molecule has 0 aliphatic heterocycles. The zero-order chi connectivity index (χ0) is 14.0. The summed E-state index contributed by atoms with van der Waals surface area (Å²) in [7, 11) is 3.34. The van der Waals surface area contributed by atoms with Gasteiger partial charge in [-0.1, -0.05) is 12.1 Å². The fourth-order valence-electron chi connectivity index (χ4n) is 2.24. The van der Waals surface area contributed by atoms with E-state index in [1.165, 1.54) is 0 Å². The maximum Gasteiger partial charge on any atom is 0.217 e. The van der Waals surface area contributed by atoms with Crippen LogP contribution in [-0.2, 0) is 13.5 Å². The monoisotopic (exact) mass is 262 g/mol. The van der Waals surface area contributed by atoms with E-state index in [9.17, 15) is 10.2 Å². The molecule has 1 aromatic heterocycles. The van der Waals surface area contributed by atoms with Crippen molar-refractivity contribution in [2.24, 2.45) is 7.05 Å². The number of aryl methyl sites for hydroxylation is 2. The van der Waals surface area contributed by atoms with Crippen molar-refractivity contribution in [3.05, 3.63) is 41.1 Å². The fraction of sp³-hybridized carbons (Fsp3) is 0.357. The lowest BCUT2D eigenvalue weighted by atomic mass is 10.0. The smallest absolute Gasteiger partial charge is 0.217 e. The topological polar surface area (TPSA) is 67.5 Å². The Morgan fingerprint density at radius 2 is 1.95 bits per heavy atom. The maximum atomic E-state index is 10.4. The molecule has 5 nitrogen and oxygen atoms in total. The Morgan fingerprint density at radius 3 is 2.53 bits per heavy atom. The second kappa shape index (κ2) is 5.32. The summed E-state index contributed by atoms with van der Waals surface area (Å²) < 4.78 is 6.89. The quantitative estimate of drug-likeness (QED) is 0.880. The molecule has 2 rings (SSSR count). The lowest BCUT2D eigenvalue weighted by Gasteiger charge is -2.12. The van der Waals surface area contributed by atoms with Crippen molar-refractivity contribution in [3.63, 3.8) is 0 Å². The van der Waals surface area contributed by atoms with Gasteiger partial charge in [0.05, 0.1) is 24.5 Å². The summed E-state index contributed by atoms with van der Waals surface area (Å²) in [6.07, 6.45) is -0.239. The normalized spacial score (nSPS) is 12.4. The molecule has 0 fully saturated rings. The third kappa shape index (κ3) is 2.71. The van der Waals surface area contributed by atoms with Gasteiger partial charge in [-0.05, 0) is 24.6 Å². The number of hydrogen-bond donors (Lipinski definition) is 2. The number of aromatic hydroxyl groups is 1. The molecule has 0 aliphatic rings. The van der Waals surface area contributed by atoms with Gasteiger partial charge in [-0.2, -0.15) is 5.10 Å². The number of aliphatic hydroxyl groups excluding tert-OH is 1. The van der Waals surface area contributed by atoms with Crippen molar-refractivity contribution in [1.29, 1.82) is 0 Å². The van der Waals surface area contributed by atoms with Crippen LogP contribution in [0.1, 0.15) is 22.9 Å². The van der Waals surface area contributed by atoms with Crippen LogP contribution in [0.5, 0.6) is 11.6 Å². The van der Waals surface area contributed by atoms with Crippen LogP contribution in [0.15, 0.2) is 24.3 Å². The molecule has 0 aliphatic carbocycles. The van der Waals surface area contributed by atoms with Crippen LogP contribution in [0.25, 0.3) is 0 Å². The number of benzene rings is 1. The Bertz CT molecular complexity index is 561. The van der Waals surface area contributed by atoms with Crippen LogP contribution in [-0.4, -0.2) is 27.1 Å². The number of ether oxygens (including phenoxy) is 1. The zero-order valence-electron chi connectivity index (χ0n) is 11.3. The molecule has 1 atom stereocenters. The Hall–Kier alpha value is -2.01. The highest BCUT2D eigenvalue weighted by atomic mass is 16.5. The highest BCUT2D eigenvalue weighted by molar-refractivity contribution is 5.35. The summed E-state index contributed by atoms with van der Waals surface area (Å²) in [4.78, 5) is 0. The van der Waals surface area contributed by atoms with Gasteiger partial charge in [0.1, 0.15) is 5.75 Å². The molecule has 19 heavy (non-hydrogen) atoms. The lowest BCUT2D eigenvalue weighted by Crippen LogP contribution is -2.05. The van der Waals surface area contributed by atoms with Crippen LogP contribution in [0.3, 0.4) is 0 Å². The third-order valence-corrected chi connectivity index (χ3v) is 3.11. The van der Waals surface area contributed by atoms with Crippen molar-refractivity contribution in [2.75, 3.05) is 7.11 Å². The van der Waals surface area contributed by atoms with Crippen LogP contribution in [0.2, 0.25) is 0 Å². The minimum atomic E-state index is -0.687. The number of phenolic OH excluding ortho intramolecular Hbond substituents is 1. The molecule has 0 spiro atoms. The third-order valence-electron chi connectivity index (χ3n) is 3.11. The van der Waals surface area contributed by atoms with Gasteiger partial charge >= 0.3 is 0 Å². The van der Waals surface area contributed by atoms with E-state index in [0.29, 0.717) is 17.9 Å². The summed E-state index contributed by atoms with van der Waals surface area (Å²) >= 11 is 0. The van der Waals surface area contributed by atoms with Gasteiger partial charge in [0.2, 0.25) is 5.88 Å². The molecule has 2 N–H and O–H groups in total. The van der Waals surface area contributed by atoms with Gasteiger partial charge in [-0.3, -0.25) is 0 Å². The minimum Gasteiger partial charge on any atom is -0.508 e. The molecule has 2 aromatic rings. The van der Waals surface area contributed by atoms with Crippen LogP contribution in [0.4, 0.5) is 0 Å². The predicted molar refractivity (Wildman–Crippen MR) is 71.3 cm³/mol. The van der Waals surface area contributed by atoms with Crippen molar-refractivity contribution >= 4 is 0 Å². The highest BCUT2D eigenvalue weighted by Crippen LogP contribution is 2.30. The number of aliphatic hydroxyl groups is 1. The van der Waals surface area contributed by atoms with Crippen molar-refractivity contribution < 1.29 is 14.9 Å². The van der Waals surface area contributed by atoms with E-state index < -0.39 is 6.10 Å². The van der Waals surface area contributed by atoms with Gasteiger partial charge < -0.3 is 14.9 Å². The first-order valence-electron chi connectivity index (χ1n) is 6.06. The molecule has 5 heteroatoms. The molecule has 0 amide bonds. The van der Waals surface area contributed by atoms with Crippen LogP contribution >= 0.6 is 0 Å². The molecule has 1 aromatic carbocycles. The van der Waals surface area contributed by atoms with E-state index in [1.54, 1.807) is 43.1 Å². The Labute approximate surface area is 112 Å². The van der Waals surface area contributed by atoms with E-state index in [2.05, 4.69) is 5.10 Å². The molecule has 0 radical (unpaired) electrons. The minimum absolute atomic E-state index is 0.216.